The van der Waals surface area contributed by atoms with Gasteiger partial charge in [0, 0.05) is 6.42 Å². The minimum Gasteiger partial charge on any atom is -0.394 e. The first-order chi connectivity index (χ1) is 23.6. The second-order valence-corrected chi connectivity index (χ2v) is 14.9. The molecule has 0 aromatic carbocycles. The second-order valence-electron chi connectivity index (χ2n) is 14.9. The Morgan fingerprint density at radius 2 is 0.833 bits per heavy atom. The molecule has 5 heteroatoms. The highest BCUT2D eigenvalue weighted by atomic mass is 16.3. The van der Waals surface area contributed by atoms with Crippen LogP contribution in [0, 0.1) is 0 Å². The van der Waals surface area contributed by atoms with Crippen LogP contribution < -0.4 is 5.32 Å². The molecule has 0 radical (unpaired) electrons. The molecule has 5 nitrogen and oxygen atoms in total. The maximum Gasteiger partial charge on any atom is 0.220 e. The summed E-state index contributed by atoms with van der Waals surface area (Å²) in [6.07, 6.45) is 44.6. The highest BCUT2D eigenvalue weighted by molar-refractivity contribution is 5.76. The first kappa shape index (κ1) is 47.1. The number of nitrogens with one attached hydrogen (secondary N) is 1. The van der Waals surface area contributed by atoms with E-state index in [9.17, 15) is 20.1 Å². The number of hydrogen-bond acceptors (Lipinski definition) is 4. The van der Waals surface area contributed by atoms with Crippen LogP contribution >= 0.6 is 0 Å². The number of hydrogen-bond donors (Lipinski definition) is 4. The molecule has 0 aromatic heterocycles. The molecule has 3 atom stereocenters. The topological polar surface area (TPSA) is 89.8 Å². The van der Waals surface area contributed by atoms with Gasteiger partial charge in [0.2, 0.25) is 5.91 Å². The van der Waals surface area contributed by atoms with Crippen molar-refractivity contribution in [1.82, 2.24) is 5.32 Å². The molecule has 0 aromatic rings. The van der Waals surface area contributed by atoms with Crippen LogP contribution in [0.2, 0.25) is 0 Å². The number of carbonyl (C=O) groups excluding carboxylic acids is 1. The Morgan fingerprint density at radius 3 is 1.21 bits per heavy atom. The Hall–Kier alpha value is -0.910. The summed E-state index contributed by atoms with van der Waals surface area (Å²) in [4.78, 5) is 12.4. The molecule has 0 heterocycles. The molecule has 3 unspecified atom stereocenters. The van der Waals surface area contributed by atoms with E-state index in [1.165, 1.54) is 167 Å². The molecule has 0 aliphatic rings. The summed E-state index contributed by atoms with van der Waals surface area (Å²) in [7, 11) is 0. The van der Waals surface area contributed by atoms with Crippen LogP contribution in [-0.4, -0.2) is 46.1 Å². The fraction of sp³-hybridized carbons (Fsp3) is 0.930. The monoisotopic (exact) mass is 680 g/mol. The van der Waals surface area contributed by atoms with E-state index in [-0.39, 0.29) is 12.5 Å². The van der Waals surface area contributed by atoms with Gasteiger partial charge in [-0.1, -0.05) is 199 Å². The van der Waals surface area contributed by atoms with Crippen molar-refractivity contribution in [3.63, 3.8) is 0 Å². The first-order valence-electron chi connectivity index (χ1n) is 21.5. The lowest BCUT2D eigenvalue weighted by molar-refractivity contribution is -0.124. The van der Waals surface area contributed by atoms with Crippen LogP contribution in [0.25, 0.3) is 0 Å². The molecule has 0 fully saturated rings. The molecular weight excluding hydrogens is 594 g/mol. The van der Waals surface area contributed by atoms with Crippen molar-refractivity contribution in [3.8, 4) is 0 Å². The fourth-order valence-electron chi connectivity index (χ4n) is 6.75. The molecule has 48 heavy (non-hydrogen) atoms. The van der Waals surface area contributed by atoms with E-state index in [2.05, 4.69) is 31.3 Å². The van der Waals surface area contributed by atoms with Gasteiger partial charge in [-0.25, -0.2) is 0 Å². The van der Waals surface area contributed by atoms with E-state index in [0.29, 0.717) is 12.8 Å². The van der Waals surface area contributed by atoms with E-state index < -0.39 is 18.2 Å². The Bertz CT molecular complexity index is 669. The molecular formula is C43H85NO4. The van der Waals surface area contributed by atoms with Crippen LogP contribution in [0.15, 0.2) is 12.2 Å². The Balaban J connectivity index is 3.65. The number of amides is 1. The lowest BCUT2D eigenvalue weighted by Crippen LogP contribution is -2.50. The number of rotatable bonds is 39. The van der Waals surface area contributed by atoms with Gasteiger partial charge in [-0.05, 0) is 38.5 Å². The van der Waals surface area contributed by atoms with Crippen molar-refractivity contribution in [2.24, 2.45) is 0 Å². The van der Waals surface area contributed by atoms with E-state index in [1.54, 1.807) is 0 Å². The van der Waals surface area contributed by atoms with Crippen molar-refractivity contribution in [3.05, 3.63) is 12.2 Å². The zero-order chi connectivity index (χ0) is 35.2. The highest BCUT2D eigenvalue weighted by Crippen LogP contribution is 2.16. The summed E-state index contributed by atoms with van der Waals surface area (Å²) in [5.41, 5.74) is 0. The third-order valence-electron chi connectivity index (χ3n) is 10.1. The summed E-state index contributed by atoms with van der Waals surface area (Å²) in [6, 6.07) is -0.820. The molecule has 1 amide bonds. The van der Waals surface area contributed by atoms with Gasteiger partial charge in [0.1, 0.15) is 6.10 Å². The standard InChI is InChI=1S/C43H85NO4/c1-3-5-7-9-11-13-15-17-19-21-22-23-25-27-29-31-33-35-37-41(46)43(48)40(39-45)44-42(47)38-36-34-32-30-28-26-24-20-18-16-14-12-10-8-6-4-2/h29,31,40-41,43,45-46,48H,3-28,30,32-39H2,1-2H3,(H,44,47)/b31-29+. The smallest absolute Gasteiger partial charge is 0.220 e. The lowest BCUT2D eigenvalue weighted by Gasteiger charge is -2.26. The van der Waals surface area contributed by atoms with Gasteiger partial charge in [-0.3, -0.25) is 4.79 Å². The quantitative estimate of drug-likeness (QED) is 0.0384. The van der Waals surface area contributed by atoms with Crippen molar-refractivity contribution in [1.29, 1.82) is 0 Å². The number of unbranched alkanes of at least 4 members (excludes halogenated alkanes) is 29. The van der Waals surface area contributed by atoms with E-state index in [0.717, 1.165) is 38.5 Å². The zero-order valence-electron chi connectivity index (χ0n) is 32.4. The molecule has 0 rings (SSSR count). The van der Waals surface area contributed by atoms with Gasteiger partial charge in [0.05, 0.1) is 18.8 Å². The zero-order valence-corrected chi connectivity index (χ0v) is 32.4. The fourth-order valence-corrected chi connectivity index (χ4v) is 6.75. The van der Waals surface area contributed by atoms with Gasteiger partial charge in [0.25, 0.3) is 0 Å². The molecule has 0 bridgehead atoms. The minimum atomic E-state index is -1.15. The summed E-state index contributed by atoms with van der Waals surface area (Å²) in [5, 5.41) is 33.5. The third kappa shape index (κ3) is 33.6. The van der Waals surface area contributed by atoms with E-state index in [1.807, 2.05) is 0 Å². The van der Waals surface area contributed by atoms with E-state index >= 15 is 0 Å². The summed E-state index contributed by atoms with van der Waals surface area (Å²) in [6.45, 7) is 4.18. The average Bonchev–Trinajstić information content (AvgIpc) is 3.09. The minimum absolute atomic E-state index is 0.151. The Kier molecular flexibility index (Phi) is 38.1. The summed E-state index contributed by atoms with van der Waals surface area (Å²) in [5.74, 6) is -0.151. The molecule has 0 aliphatic carbocycles. The first-order valence-corrected chi connectivity index (χ1v) is 21.5. The van der Waals surface area contributed by atoms with Crippen molar-refractivity contribution in [2.45, 2.75) is 250 Å². The summed E-state index contributed by atoms with van der Waals surface area (Å²) >= 11 is 0. The van der Waals surface area contributed by atoms with Crippen molar-refractivity contribution >= 4 is 5.91 Å². The molecule has 0 spiro atoms. The largest absolute Gasteiger partial charge is 0.394 e. The Labute approximate surface area is 299 Å². The lowest BCUT2D eigenvalue weighted by atomic mass is 10.0. The van der Waals surface area contributed by atoms with Crippen molar-refractivity contribution < 1.29 is 20.1 Å². The van der Waals surface area contributed by atoms with Crippen LogP contribution in [0.3, 0.4) is 0 Å². The predicted molar refractivity (Wildman–Crippen MR) is 208 cm³/mol. The Morgan fingerprint density at radius 1 is 0.500 bits per heavy atom. The number of aliphatic hydroxyl groups excluding tert-OH is 3. The second kappa shape index (κ2) is 38.9. The van der Waals surface area contributed by atoms with E-state index in [4.69, 9.17) is 0 Å². The predicted octanol–water partition coefficient (Wildman–Crippen LogP) is 12.0. The normalized spacial score (nSPS) is 13.7. The van der Waals surface area contributed by atoms with Crippen LogP contribution in [0.1, 0.15) is 232 Å². The molecule has 0 aliphatic heterocycles. The number of allylic oxidation sites excluding steroid dienone is 2. The average molecular weight is 680 g/mol. The maximum absolute atomic E-state index is 12.4. The molecule has 0 saturated heterocycles. The van der Waals surface area contributed by atoms with Crippen molar-refractivity contribution in [2.75, 3.05) is 6.61 Å². The molecule has 4 N–H and O–H groups in total. The SMILES string of the molecule is CCCCCCCCCCCCCCC/C=C/CCCC(O)C(O)C(CO)NC(=O)CCCCCCCCCCCCCCCCCC. The van der Waals surface area contributed by atoms with Gasteiger partial charge >= 0.3 is 0 Å². The van der Waals surface area contributed by atoms with Crippen LogP contribution in [-0.2, 0) is 4.79 Å². The molecule has 286 valence electrons. The molecule has 0 saturated carbocycles. The van der Waals surface area contributed by atoms with Crippen LogP contribution in [0.5, 0.6) is 0 Å². The summed E-state index contributed by atoms with van der Waals surface area (Å²) < 4.78 is 0. The van der Waals surface area contributed by atoms with Gasteiger partial charge in [0.15, 0.2) is 0 Å². The van der Waals surface area contributed by atoms with Gasteiger partial charge in [-0.2, -0.15) is 0 Å². The van der Waals surface area contributed by atoms with Gasteiger partial charge < -0.3 is 20.6 Å². The van der Waals surface area contributed by atoms with Crippen LogP contribution in [0.4, 0.5) is 0 Å². The highest BCUT2D eigenvalue weighted by Gasteiger charge is 2.26. The third-order valence-corrected chi connectivity index (χ3v) is 10.1. The van der Waals surface area contributed by atoms with Gasteiger partial charge in [-0.15, -0.1) is 0 Å². The number of aliphatic hydroxyl groups is 3. The maximum atomic E-state index is 12.4. The number of carbonyl (C=O) groups is 1.